The molecule has 2 rings (SSSR count). The molecular formula is C25H46N2O5Si2. The van der Waals surface area contributed by atoms with Crippen LogP contribution in [0.2, 0.25) is 36.3 Å². The molecule has 0 bridgehead atoms. The maximum absolute atomic E-state index is 12.8. The lowest BCUT2D eigenvalue weighted by atomic mass is 9.94. The van der Waals surface area contributed by atoms with Gasteiger partial charge in [0.25, 0.3) is 5.56 Å². The normalized spacial score (nSPS) is 24.4. The predicted octanol–water partition coefficient (Wildman–Crippen LogP) is 5.35. The lowest BCUT2D eigenvalue weighted by molar-refractivity contribution is -0.0495. The zero-order chi connectivity index (χ0) is 26.3. The van der Waals surface area contributed by atoms with Crippen LogP contribution < -0.4 is 11.2 Å². The van der Waals surface area contributed by atoms with Gasteiger partial charge in [-0.25, -0.2) is 4.79 Å². The molecule has 0 saturated carbocycles. The number of aryl methyl sites for hydroxylation is 1. The molecule has 1 aromatic rings. The largest absolute Gasteiger partial charge is 0.414 e. The van der Waals surface area contributed by atoms with Gasteiger partial charge in [0.1, 0.15) is 0 Å². The minimum Gasteiger partial charge on any atom is -0.414 e. The monoisotopic (exact) mass is 510 g/mol. The number of rotatable bonds is 8. The fourth-order valence-corrected chi connectivity index (χ4v) is 5.93. The van der Waals surface area contributed by atoms with Crippen LogP contribution in [0.5, 0.6) is 0 Å². The van der Waals surface area contributed by atoms with Crippen LogP contribution in [0.25, 0.3) is 0 Å². The van der Waals surface area contributed by atoms with Gasteiger partial charge in [0.2, 0.25) is 0 Å². The number of aromatic amines is 1. The van der Waals surface area contributed by atoms with E-state index in [2.05, 4.69) is 79.3 Å². The van der Waals surface area contributed by atoms with Crippen molar-refractivity contribution in [3.05, 3.63) is 45.3 Å². The lowest BCUT2D eigenvalue weighted by Gasteiger charge is -2.41. The maximum atomic E-state index is 12.8. The Balaban J connectivity index is 2.53. The Morgan fingerprint density at radius 3 is 2.15 bits per heavy atom. The molecule has 0 radical (unpaired) electrons. The van der Waals surface area contributed by atoms with Gasteiger partial charge in [-0.15, -0.1) is 6.58 Å². The number of ether oxygens (including phenoxy) is 1. The molecule has 1 aromatic heterocycles. The fraction of sp³-hybridized carbons (Fsp3) is 0.760. The highest BCUT2D eigenvalue weighted by atomic mass is 28.4. The van der Waals surface area contributed by atoms with Crippen LogP contribution in [-0.2, 0) is 13.6 Å². The average Bonchev–Trinajstić information content (AvgIpc) is 2.98. The van der Waals surface area contributed by atoms with E-state index in [0.29, 0.717) is 18.6 Å². The second-order valence-electron chi connectivity index (χ2n) is 12.6. The molecule has 1 N–H and O–H groups in total. The van der Waals surface area contributed by atoms with Gasteiger partial charge in [0, 0.05) is 17.7 Å². The minimum atomic E-state index is -2.21. The number of hydrogen-bond acceptors (Lipinski definition) is 5. The molecule has 0 aliphatic carbocycles. The third kappa shape index (κ3) is 6.10. The van der Waals surface area contributed by atoms with Crippen LogP contribution in [0.15, 0.2) is 28.4 Å². The standard InChI is InChI=1S/C25H46N2O5Si2/c1-13-14-18-19(16-30-33(9,10)24(3,4)5)31-22(20(18)32-34(11,12)25(6,7)8)27-15-17(2)21(28)26-23(27)29/h13,15,18-20,22H,1,14,16H2,2-12H3,(H,26,28,29)/t18-,19-,20-,22-/m1/s1. The molecule has 9 heteroatoms. The summed E-state index contributed by atoms with van der Waals surface area (Å²) in [6.45, 7) is 28.2. The molecule has 7 nitrogen and oxygen atoms in total. The Hall–Kier alpha value is -1.27. The topological polar surface area (TPSA) is 82.6 Å². The first-order valence-electron chi connectivity index (χ1n) is 12.2. The van der Waals surface area contributed by atoms with Gasteiger partial charge >= 0.3 is 5.69 Å². The number of nitrogens with one attached hydrogen (secondary N) is 1. The summed E-state index contributed by atoms with van der Waals surface area (Å²) in [6.07, 6.45) is 2.86. The zero-order valence-corrected chi connectivity index (χ0v) is 25.1. The Labute approximate surface area is 207 Å². The minimum absolute atomic E-state index is 0.0160. The van der Waals surface area contributed by atoms with Gasteiger partial charge in [-0.1, -0.05) is 47.6 Å². The highest BCUT2D eigenvalue weighted by molar-refractivity contribution is 6.74. The summed E-state index contributed by atoms with van der Waals surface area (Å²) in [5.41, 5.74) is -0.426. The smallest absolute Gasteiger partial charge is 0.330 e. The fourth-order valence-electron chi connectivity index (χ4n) is 3.59. The molecule has 1 fully saturated rings. The van der Waals surface area contributed by atoms with Crippen molar-refractivity contribution in [2.75, 3.05) is 6.61 Å². The number of nitrogens with zero attached hydrogens (tertiary/aromatic N) is 1. The molecule has 1 aliphatic heterocycles. The van der Waals surface area contributed by atoms with Crippen LogP contribution in [0.1, 0.15) is 59.8 Å². The van der Waals surface area contributed by atoms with E-state index in [0.717, 1.165) is 0 Å². The summed E-state index contributed by atoms with van der Waals surface area (Å²) < 4.78 is 21.5. The van der Waals surface area contributed by atoms with Crippen molar-refractivity contribution >= 4 is 16.6 Å². The first kappa shape index (κ1) is 29.0. The summed E-state index contributed by atoms with van der Waals surface area (Å²) in [7, 11) is -4.22. The van der Waals surface area contributed by atoms with Crippen molar-refractivity contribution in [2.45, 2.75) is 110 Å². The van der Waals surface area contributed by atoms with Crippen LogP contribution in [0.4, 0.5) is 0 Å². The summed E-state index contributed by atoms with van der Waals surface area (Å²) in [5, 5.41) is 0.0564. The third-order valence-electron chi connectivity index (χ3n) is 8.01. The number of hydrogen-bond donors (Lipinski definition) is 1. The van der Waals surface area contributed by atoms with Crippen LogP contribution in [0.3, 0.4) is 0 Å². The van der Waals surface area contributed by atoms with Crippen LogP contribution >= 0.6 is 0 Å². The van der Waals surface area contributed by atoms with Crippen molar-refractivity contribution in [2.24, 2.45) is 5.92 Å². The molecule has 0 spiro atoms. The van der Waals surface area contributed by atoms with Crippen molar-refractivity contribution < 1.29 is 13.6 Å². The van der Waals surface area contributed by atoms with Gasteiger partial charge in [-0.05, 0) is 49.6 Å². The van der Waals surface area contributed by atoms with Gasteiger partial charge in [-0.2, -0.15) is 0 Å². The summed E-state index contributed by atoms with van der Waals surface area (Å²) >= 11 is 0. The first-order valence-corrected chi connectivity index (χ1v) is 18.0. The molecule has 2 heterocycles. The number of allylic oxidation sites excluding steroid dienone is 1. The summed E-state index contributed by atoms with van der Waals surface area (Å²) in [5.74, 6) is -0.0273. The van der Waals surface area contributed by atoms with Gasteiger partial charge in [-0.3, -0.25) is 14.3 Å². The van der Waals surface area contributed by atoms with E-state index in [1.54, 1.807) is 13.1 Å². The quantitative estimate of drug-likeness (QED) is 0.377. The van der Waals surface area contributed by atoms with E-state index < -0.39 is 28.6 Å². The van der Waals surface area contributed by atoms with E-state index in [1.165, 1.54) is 4.57 Å². The number of aromatic nitrogens is 2. The van der Waals surface area contributed by atoms with Crippen LogP contribution in [-0.4, -0.2) is 45.0 Å². The molecule has 194 valence electrons. The highest BCUT2D eigenvalue weighted by Crippen LogP contribution is 2.45. The van der Waals surface area contributed by atoms with E-state index in [4.69, 9.17) is 13.6 Å². The second kappa shape index (κ2) is 10.0. The molecule has 4 atom stereocenters. The van der Waals surface area contributed by atoms with Gasteiger partial charge < -0.3 is 13.6 Å². The highest BCUT2D eigenvalue weighted by Gasteiger charge is 2.51. The SMILES string of the molecule is C=CC[C@H]1[C@@H](O[Si](C)(C)C(C)(C)C)[C@H](n2cc(C)c(=O)[nH]c2=O)O[C@@H]1CO[Si](C)(C)C(C)(C)C. The molecule has 1 aliphatic rings. The first-order chi connectivity index (χ1) is 15.3. The van der Waals surface area contributed by atoms with Gasteiger partial charge in [0.05, 0.1) is 18.8 Å². The molecule has 0 amide bonds. The Morgan fingerprint density at radius 2 is 1.65 bits per heavy atom. The van der Waals surface area contributed by atoms with Crippen LogP contribution in [0, 0.1) is 12.8 Å². The molecule has 0 unspecified atom stereocenters. The van der Waals surface area contributed by atoms with Crippen molar-refractivity contribution in [1.82, 2.24) is 9.55 Å². The predicted molar refractivity (Wildman–Crippen MR) is 143 cm³/mol. The Kier molecular flexibility index (Phi) is 8.52. The van der Waals surface area contributed by atoms with E-state index in [1.807, 2.05) is 6.08 Å². The summed E-state index contributed by atoms with van der Waals surface area (Å²) in [4.78, 5) is 27.3. The molecule has 0 aromatic carbocycles. The molecule has 34 heavy (non-hydrogen) atoms. The Morgan fingerprint density at radius 1 is 1.09 bits per heavy atom. The van der Waals surface area contributed by atoms with Crippen molar-refractivity contribution in [3.8, 4) is 0 Å². The van der Waals surface area contributed by atoms with E-state index in [9.17, 15) is 9.59 Å². The third-order valence-corrected chi connectivity index (χ3v) is 17.0. The molecule has 1 saturated heterocycles. The van der Waals surface area contributed by atoms with Gasteiger partial charge in [0.15, 0.2) is 22.9 Å². The number of H-pyrrole nitrogens is 1. The Bertz CT molecular complexity index is 985. The lowest BCUT2D eigenvalue weighted by Crippen LogP contribution is -2.48. The molecular weight excluding hydrogens is 464 g/mol. The maximum Gasteiger partial charge on any atom is 0.330 e. The van der Waals surface area contributed by atoms with E-state index >= 15 is 0 Å². The average molecular weight is 511 g/mol. The second-order valence-corrected chi connectivity index (χ2v) is 22.2. The van der Waals surface area contributed by atoms with Crippen molar-refractivity contribution in [1.29, 1.82) is 0 Å². The van der Waals surface area contributed by atoms with E-state index in [-0.39, 0.29) is 33.8 Å². The zero-order valence-electron chi connectivity index (χ0n) is 23.1. The summed E-state index contributed by atoms with van der Waals surface area (Å²) in [6, 6.07) is 0. The van der Waals surface area contributed by atoms with Crippen molar-refractivity contribution in [3.63, 3.8) is 0 Å².